The summed E-state index contributed by atoms with van der Waals surface area (Å²) in [5, 5.41) is 14.4. The fourth-order valence-electron chi connectivity index (χ4n) is 3.18. The van der Waals surface area contributed by atoms with Gasteiger partial charge in [0, 0.05) is 15.6 Å². The Morgan fingerprint density at radius 3 is 1.76 bits per heavy atom. The Morgan fingerprint density at radius 1 is 0.759 bits per heavy atom. The molecule has 3 N–H and O–H groups in total. The quantitative estimate of drug-likeness (QED) is 0.555. The number of hydrogen-bond acceptors (Lipinski definition) is 1. The predicted molar refractivity (Wildman–Crippen MR) is 108 cm³/mol. The average molecular weight is 441 g/mol. The minimum absolute atomic E-state index is 0.201. The van der Waals surface area contributed by atoms with E-state index < -0.39 is 17.3 Å². The van der Waals surface area contributed by atoms with Crippen molar-refractivity contribution < 1.29 is 23.6 Å². The molecule has 0 heterocycles. The lowest BCUT2D eigenvalue weighted by molar-refractivity contribution is -0.682. The molecule has 3 aromatic carbocycles. The zero-order chi connectivity index (χ0) is 21.1. The van der Waals surface area contributed by atoms with Gasteiger partial charge in [0.15, 0.2) is 5.60 Å². The van der Waals surface area contributed by atoms with Crippen LogP contribution in [0.1, 0.15) is 22.3 Å². The van der Waals surface area contributed by atoms with Crippen LogP contribution in [0.15, 0.2) is 72.8 Å². The van der Waals surface area contributed by atoms with Gasteiger partial charge in [-0.05, 0) is 47.5 Å². The summed E-state index contributed by atoms with van der Waals surface area (Å²) in [7, 11) is 0. The van der Waals surface area contributed by atoms with Gasteiger partial charge in [-0.1, -0.05) is 59.6 Å². The molecule has 0 saturated heterocycles. The van der Waals surface area contributed by atoms with Crippen molar-refractivity contribution in [1.82, 2.24) is 0 Å². The molecule has 152 valence electrons. The van der Waals surface area contributed by atoms with Crippen LogP contribution in [0.4, 0.5) is 13.2 Å². The average Bonchev–Trinajstić information content (AvgIpc) is 2.68. The predicted octanol–water partition coefficient (Wildman–Crippen LogP) is 5.01. The summed E-state index contributed by atoms with van der Waals surface area (Å²) in [6, 6.07) is 18.9. The van der Waals surface area contributed by atoms with E-state index >= 15 is 0 Å². The fraction of sp³-hybridized carbons (Fsp3) is 0.182. The molecule has 3 aromatic rings. The van der Waals surface area contributed by atoms with Gasteiger partial charge < -0.3 is 10.4 Å². The lowest BCUT2D eigenvalue weighted by Crippen LogP contribution is -2.86. The van der Waals surface area contributed by atoms with Gasteiger partial charge in [-0.3, -0.25) is 0 Å². The van der Waals surface area contributed by atoms with Crippen LogP contribution in [0.25, 0.3) is 0 Å². The molecule has 0 fully saturated rings. The molecule has 0 radical (unpaired) electrons. The zero-order valence-corrected chi connectivity index (χ0v) is 16.8. The van der Waals surface area contributed by atoms with Crippen LogP contribution in [-0.4, -0.2) is 11.7 Å². The molecule has 2 nitrogen and oxygen atoms in total. The lowest BCUT2D eigenvalue weighted by Gasteiger charge is -2.28. The highest BCUT2D eigenvalue weighted by molar-refractivity contribution is 6.30. The van der Waals surface area contributed by atoms with Crippen LogP contribution in [0.5, 0.6) is 0 Å². The van der Waals surface area contributed by atoms with Crippen molar-refractivity contribution in [2.75, 3.05) is 6.54 Å². The summed E-state index contributed by atoms with van der Waals surface area (Å²) in [4.78, 5) is 0. The van der Waals surface area contributed by atoms with Gasteiger partial charge in [0.1, 0.15) is 13.1 Å². The van der Waals surface area contributed by atoms with Gasteiger partial charge in [-0.25, -0.2) is 0 Å². The first-order valence-corrected chi connectivity index (χ1v) is 9.66. The van der Waals surface area contributed by atoms with E-state index in [4.69, 9.17) is 23.2 Å². The zero-order valence-electron chi connectivity index (χ0n) is 15.3. The molecule has 0 aliphatic heterocycles. The second-order valence-corrected chi connectivity index (χ2v) is 7.64. The Hall–Kier alpha value is -2.05. The Kier molecular flexibility index (Phi) is 6.54. The van der Waals surface area contributed by atoms with Crippen molar-refractivity contribution >= 4 is 23.2 Å². The molecule has 0 atom stereocenters. The van der Waals surface area contributed by atoms with Crippen molar-refractivity contribution in [1.29, 1.82) is 0 Å². The largest absolute Gasteiger partial charge is 0.416 e. The number of halogens is 5. The second-order valence-electron chi connectivity index (χ2n) is 6.77. The molecular weight excluding hydrogens is 422 g/mol. The summed E-state index contributed by atoms with van der Waals surface area (Å²) >= 11 is 11.9. The number of quaternary nitrogens is 1. The highest BCUT2D eigenvalue weighted by atomic mass is 35.5. The molecule has 0 amide bonds. The second kappa shape index (κ2) is 8.76. The van der Waals surface area contributed by atoms with E-state index in [1.54, 1.807) is 59.9 Å². The van der Waals surface area contributed by atoms with E-state index in [0.717, 1.165) is 12.1 Å². The van der Waals surface area contributed by atoms with E-state index in [9.17, 15) is 18.3 Å². The molecular formula is C22H19Cl2F3NO+. The monoisotopic (exact) mass is 440 g/mol. The number of alkyl halides is 3. The summed E-state index contributed by atoms with van der Waals surface area (Å²) in [5.74, 6) is 0. The van der Waals surface area contributed by atoms with Gasteiger partial charge >= 0.3 is 6.18 Å². The van der Waals surface area contributed by atoms with Gasteiger partial charge in [-0.2, -0.15) is 13.2 Å². The Bertz CT molecular complexity index is 912. The standard InChI is InChI=1S/C22H18Cl2F3NO/c23-19-8-4-16(5-9-19)21(29,17-6-10-20(24)11-7-17)14-28-13-15-2-1-3-18(12-15)22(25,26)27/h1-12,28-29H,13-14H2/p+1. The topological polar surface area (TPSA) is 36.8 Å². The first-order chi connectivity index (χ1) is 13.7. The summed E-state index contributed by atoms with van der Waals surface area (Å²) in [5.41, 5.74) is -0.269. The van der Waals surface area contributed by atoms with Gasteiger partial charge in [-0.15, -0.1) is 0 Å². The summed E-state index contributed by atoms with van der Waals surface area (Å²) in [6.07, 6.45) is -4.39. The molecule has 0 bridgehead atoms. The highest BCUT2D eigenvalue weighted by Gasteiger charge is 2.34. The number of rotatable bonds is 6. The highest BCUT2D eigenvalue weighted by Crippen LogP contribution is 2.31. The third kappa shape index (κ3) is 5.31. The van der Waals surface area contributed by atoms with E-state index in [1.807, 2.05) is 0 Å². The molecule has 7 heteroatoms. The van der Waals surface area contributed by atoms with E-state index in [1.165, 1.54) is 6.07 Å². The van der Waals surface area contributed by atoms with Crippen molar-refractivity contribution in [3.05, 3.63) is 105 Å². The van der Waals surface area contributed by atoms with Crippen molar-refractivity contribution in [3.8, 4) is 0 Å². The van der Waals surface area contributed by atoms with E-state index in [2.05, 4.69) is 0 Å². The number of aliphatic hydroxyl groups is 1. The van der Waals surface area contributed by atoms with Crippen LogP contribution in [0.2, 0.25) is 10.0 Å². The first-order valence-electron chi connectivity index (χ1n) is 8.91. The van der Waals surface area contributed by atoms with Gasteiger partial charge in [0.25, 0.3) is 0 Å². The van der Waals surface area contributed by atoms with Crippen LogP contribution in [0.3, 0.4) is 0 Å². The Morgan fingerprint density at radius 2 is 1.28 bits per heavy atom. The lowest BCUT2D eigenvalue weighted by atomic mass is 9.86. The Balaban J connectivity index is 1.83. The molecule has 0 unspecified atom stereocenters. The SMILES string of the molecule is OC(C[NH2+]Cc1cccc(C(F)(F)F)c1)(c1ccc(Cl)cc1)c1ccc(Cl)cc1. The summed E-state index contributed by atoms with van der Waals surface area (Å²) < 4.78 is 38.7. The van der Waals surface area contributed by atoms with Crippen molar-refractivity contribution in [3.63, 3.8) is 0 Å². The first kappa shape index (κ1) is 21.7. The maximum atomic E-state index is 12.9. The third-order valence-electron chi connectivity index (χ3n) is 4.72. The molecule has 0 aliphatic rings. The number of benzene rings is 3. The minimum atomic E-state index is -4.39. The fourth-order valence-corrected chi connectivity index (χ4v) is 3.43. The molecule has 0 aromatic heterocycles. The molecule has 0 saturated carbocycles. The van der Waals surface area contributed by atoms with Crippen molar-refractivity contribution in [2.45, 2.75) is 18.3 Å². The maximum Gasteiger partial charge on any atom is 0.416 e. The van der Waals surface area contributed by atoms with Crippen LogP contribution in [0, 0.1) is 0 Å². The molecule has 29 heavy (non-hydrogen) atoms. The molecule has 0 spiro atoms. The maximum absolute atomic E-state index is 12.9. The van der Waals surface area contributed by atoms with Crippen LogP contribution < -0.4 is 5.32 Å². The molecule has 3 rings (SSSR count). The minimum Gasteiger partial charge on any atom is -0.375 e. The number of nitrogens with two attached hydrogens (primary N) is 1. The number of hydrogen-bond donors (Lipinski definition) is 2. The van der Waals surface area contributed by atoms with E-state index in [0.29, 0.717) is 26.7 Å². The van der Waals surface area contributed by atoms with Crippen LogP contribution in [-0.2, 0) is 18.3 Å². The van der Waals surface area contributed by atoms with Gasteiger partial charge in [0.05, 0.1) is 5.56 Å². The summed E-state index contributed by atoms with van der Waals surface area (Å²) in [6.45, 7) is 0.486. The van der Waals surface area contributed by atoms with Gasteiger partial charge in [0.2, 0.25) is 0 Å². The normalized spacial score (nSPS) is 12.2. The third-order valence-corrected chi connectivity index (χ3v) is 5.22. The smallest absolute Gasteiger partial charge is 0.375 e. The Labute approximate surface area is 176 Å². The van der Waals surface area contributed by atoms with Crippen molar-refractivity contribution in [2.24, 2.45) is 0 Å². The van der Waals surface area contributed by atoms with E-state index in [-0.39, 0.29) is 13.1 Å². The van der Waals surface area contributed by atoms with Crippen LogP contribution >= 0.6 is 23.2 Å². The molecule has 0 aliphatic carbocycles.